The van der Waals surface area contributed by atoms with Crippen LogP contribution >= 0.6 is 0 Å². The molecule has 0 N–H and O–H groups in total. The third kappa shape index (κ3) is 2.89. The summed E-state index contributed by atoms with van der Waals surface area (Å²) in [6.07, 6.45) is 0. The number of rotatable bonds is 2. The summed E-state index contributed by atoms with van der Waals surface area (Å²) in [5, 5.41) is 36.5. The van der Waals surface area contributed by atoms with Gasteiger partial charge in [-0.3, -0.25) is 4.79 Å². The van der Waals surface area contributed by atoms with Crippen molar-refractivity contribution in [2.24, 2.45) is 0 Å². The second kappa shape index (κ2) is 7.74. The van der Waals surface area contributed by atoms with Crippen molar-refractivity contribution < 1.29 is 34.4 Å². The molecule has 0 aliphatic heterocycles. The minimum Gasteiger partial charge on any atom is -0.293 e. The summed E-state index contributed by atoms with van der Waals surface area (Å²) in [6, 6.07) is 15.0. The topological polar surface area (TPSA) is 112 Å². The van der Waals surface area contributed by atoms with Crippen molar-refractivity contribution in [3.8, 4) is 24.3 Å². The second-order valence-electron chi connectivity index (χ2n) is 4.02. The van der Waals surface area contributed by atoms with E-state index in [2.05, 4.69) is 0 Å². The average molecular weight is 292 g/mol. The van der Waals surface area contributed by atoms with Crippen LogP contribution in [0.2, 0.25) is 0 Å². The summed E-state index contributed by atoms with van der Waals surface area (Å²) in [6.45, 7) is 0. The van der Waals surface area contributed by atoms with E-state index >= 15 is 0 Å². The average Bonchev–Trinajstić information content (AvgIpc) is 2.87. The smallest absolute Gasteiger partial charge is 0.293 e. The Kier molecular flexibility index (Phi) is 6.30. The minimum atomic E-state index is -0.554. The van der Waals surface area contributed by atoms with Crippen LogP contribution in [0.15, 0.2) is 30.3 Å². The van der Waals surface area contributed by atoms with Crippen LogP contribution in [0, 0.1) is 74.9 Å². The zero-order valence-corrected chi connectivity index (χ0v) is 13.6. The standard InChI is InChI=1S/C16H5N4O.Na/c17-6-11-12(7-18)14(9-20)15(13(11)8-19)16(21)10-4-2-1-3-5-10;/h1-5H;/q;+1. The molecule has 0 aromatic heterocycles. The zero-order valence-electron chi connectivity index (χ0n) is 11.6. The summed E-state index contributed by atoms with van der Waals surface area (Å²) in [5.74, 6) is -1.63. The van der Waals surface area contributed by atoms with Gasteiger partial charge in [-0.25, -0.2) is 0 Å². The maximum absolute atomic E-state index is 12.5. The van der Waals surface area contributed by atoms with Gasteiger partial charge in [0.15, 0.2) is 5.78 Å². The predicted octanol–water partition coefficient (Wildman–Crippen LogP) is -1.15. The van der Waals surface area contributed by atoms with Crippen molar-refractivity contribution in [1.29, 1.82) is 21.0 Å². The van der Waals surface area contributed by atoms with E-state index in [9.17, 15) is 15.3 Å². The summed E-state index contributed by atoms with van der Waals surface area (Å²) in [5.41, 5.74) is 0.282. The van der Waals surface area contributed by atoms with E-state index in [0.717, 1.165) is 0 Å². The van der Waals surface area contributed by atoms with E-state index in [1.165, 1.54) is 12.1 Å². The minimum absolute atomic E-state index is 0. The Morgan fingerprint density at radius 3 is 1.50 bits per heavy atom. The Labute approximate surface area is 150 Å². The molecule has 0 unspecified atom stereocenters. The maximum Gasteiger partial charge on any atom is 1.00 e. The Hall–Kier alpha value is -2.15. The number of nitriles is 4. The Morgan fingerprint density at radius 1 is 0.727 bits per heavy atom. The fourth-order valence-electron chi connectivity index (χ4n) is 2.03. The number of hydrogen-bond donors (Lipinski definition) is 0. The van der Waals surface area contributed by atoms with E-state index in [-0.39, 0.29) is 64.7 Å². The molecular weight excluding hydrogens is 287 g/mol. The molecule has 0 bridgehead atoms. The first-order chi connectivity index (χ1) is 10.2. The van der Waals surface area contributed by atoms with Crippen molar-refractivity contribution in [3.05, 3.63) is 65.5 Å². The molecule has 0 atom stereocenters. The van der Waals surface area contributed by atoms with E-state index in [0.29, 0.717) is 0 Å². The van der Waals surface area contributed by atoms with Gasteiger partial charge < -0.3 is 0 Å². The Morgan fingerprint density at radius 2 is 1.14 bits per heavy atom. The maximum atomic E-state index is 12.5. The Bertz CT molecular complexity index is 682. The summed E-state index contributed by atoms with van der Waals surface area (Å²) < 4.78 is 0. The van der Waals surface area contributed by atoms with Gasteiger partial charge in [-0.2, -0.15) is 21.0 Å². The number of nitrogens with zero attached hydrogens (tertiary/aromatic N) is 4. The van der Waals surface area contributed by atoms with E-state index in [4.69, 9.17) is 10.5 Å². The number of hydrogen-bond acceptors (Lipinski definition) is 5. The summed E-state index contributed by atoms with van der Waals surface area (Å²) >= 11 is 0. The van der Waals surface area contributed by atoms with Crippen molar-refractivity contribution in [2.75, 3.05) is 0 Å². The molecule has 1 aromatic carbocycles. The van der Waals surface area contributed by atoms with Crippen molar-refractivity contribution in [1.82, 2.24) is 0 Å². The molecule has 5 radical (unpaired) electrons. The van der Waals surface area contributed by atoms with E-state index in [1.54, 1.807) is 42.5 Å². The SMILES string of the molecule is N#C[C]1[C](C#N)[C](C#N)[C](C(=O)c2ccccc2)[C]1C#N.[Na+]. The molecule has 1 fully saturated rings. The largest absolute Gasteiger partial charge is 1.00 e. The number of ketones is 1. The van der Waals surface area contributed by atoms with Gasteiger partial charge >= 0.3 is 29.6 Å². The van der Waals surface area contributed by atoms with Crippen LogP contribution in [0.5, 0.6) is 0 Å². The molecule has 95 valence electrons. The van der Waals surface area contributed by atoms with Crippen molar-refractivity contribution in [2.45, 2.75) is 0 Å². The first-order valence-electron chi connectivity index (χ1n) is 5.76. The molecule has 0 amide bonds. The molecule has 22 heavy (non-hydrogen) atoms. The Balaban J connectivity index is 0.00000242. The molecule has 0 saturated heterocycles. The van der Waals surface area contributed by atoms with Crippen LogP contribution in [-0.4, -0.2) is 5.78 Å². The molecule has 5 nitrogen and oxygen atoms in total. The molecule has 1 aromatic rings. The molecule has 1 saturated carbocycles. The molecule has 2 rings (SSSR count). The molecule has 6 heteroatoms. The first-order valence-corrected chi connectivity index (χ1v) is 5.76. The van der Waals surface area contributed by atoms with E-state index < -0.39 is 5.78 Å². The van der Waals surface area contributed by atoms with Gasteiger partial charge in [0.2, 0.25) is 0 Å². The zero-order chi connectivity index (χ0) is 15.4. The van der Waals surface area contributed by atoms with Gasteiger partial charge in [-0.15, -0.1) is 0 Å². The monoisotopic (exact) mass is 292 g/mol. The fourth-order valence-corrected chi connectivity index (χ4v) is 2.03. The van der Waals surface area contributed by atoms with Crippen LogP contribution < -0.4 is 29.6 Å². The predicted molar refractivity (Wildman–Crippen MR) is 69.4 cm³/mol. The fraction of sp³-hybridized carbons (Fsp3) is 0. The van der Waals surface area contributed by atoms with Crippen LogP contribution in [0.25, 0.3) is 0 Å². The van der Waals surface area contributed by atoms with Gasteiger partial charge in [0.25, 0.3) is 0 Å². The van der Waals surface area contributed by atoms with E-state index in [1.807, 2.05) is 0 Å². The summed E-state index contributed by atoms with van der Waals surface area (Å²) in [7, 11) is 0. The molecule has 1 aliphatic carbocycles. The number of carbonyl (C=O) groups excluding carboxylic acids is 1. The molecule has 1 aliphatic rings. The van der Waals surface area contributed by atoms with Gasteiger partial charge in [0.1, 0.15) is 23.7 Å². The number of carbonyl (C=O) groups is 1. The second-order valence-corrected chi connectivity index (χ2v) is 4.02. The van der Waals surface area contributed by atoms with Crippen LogP contribution in [0.1, 0.15) is 10.4 Å². The number of benzene rings is 1. The quantitative estimate of drug-likeness (QED) is 0.505. The van der Waals surface area contributed by atoms with Crippen LogP contribution in [0.4, 0.5) is 0 Å². The normalized spacial score (nSPS) is 16.7. The molecule has 0 spiro atoms. The van der Waals surface area contributed by atoms with Crippen molar-refractivity contribution >= 4 is 5.78 Å². The van der Waals surface area contributed by atoms with Crippen LogP contribution in [0.3, 0.4) is 0 Å². The third-order valence-corrected chi connectivity index (χ3v) is 2.96. The van der Waals surface area contributed by atoms with Gasteiger partial charge in [0, 0.05) is 5.56 Å². The molecule has 0 heterocycles. The molecular formula is C16H5N4NaO+. The van der Waals surface area contributed by atoms with Gasteiger partial charge in [-0.1, -0.05) is 30.3 Å². The van der Waals surface area contributed by atoms with Crippen LogP contribution in [-0.2, 0) is 0 Å². The third-order valence-electron chi connectivity index (χ3n) is 2.96. The first kappa shape index (κ1) is 17.9. The van der Waals surface area contributed by atoms with Gasteiger partial charge in [0.05, 0.1) is 30.2 Å². The van der Waals surface area contributed by atoms with Gasteiger partial charge in [-0.05, 0) is 0 Å². The summed E-state index contributed by atoms with van der Waals surface area (Å²) in [4.78, 5) is 12.5. The number of Topliss-reactive ketones (excluding diaryl/α,β-unsaturated/α-hetero) is 1. The van der Waals surface area contributed by atoms with Crippen molar-refractivity contribution in [3.63, 3.8) is 0 Å².